The van der Waals surface area contributed by atoms with Crippen molar-refractivity contribution in [2.45, 2.75) is 30.2 Å². The summed E-state index contributed by atoms with van der Waals surface area (Å²) in [5, 5.41) is 0.224. The van der Waals surface area contributed by atoms with Crippen molar-refractivity contribution in [2.75, 3.05) is 20.8 Å². The van der Waals surface area contributed by atoms with Crippen LogP contribution in [-0.2, 0) is 16.4 Å². The fourth-order valence-electron chi connectivity index (χ4n) is 3.91. The zero-order valence-electron chi connectivity index (χ0n) is 20.1. The maximum Gasteiger partial charge on any atom is 0.211 e. The summed E-state index contributed by atoms with van der Waals surface area (Å²) in [7, 11) is -1.13. The molecule has 3 aromatic carbocycles. The van der Waals surface area contributed by atoms with E-state index in [1.807, 2.05) is 38.1 Å². The van der Waals surface area contributed by atoms with Crippen LogP contribution in [0.1, 0.15) is 18.1 Å². The van der Waals surface area contributed by atoms with E-state index in [0.29, 0.717) is 35.9 Å². The third-order valence-electron chi connectivity index (χ3n) is 5.76. The normalized spacial score (nSPS) is 11.4. The second kappa shape index (κ2) is 9.84. The summed E-state index contributed by atoms with van der Waals surface area (Å²) < 4.78 is 45.2. The topological polar surface area (TPSA) is 83.8 Å². The van der Waals surface area contributed by atoms with Gasteiger partial charge in [-0.05, 0) is 49.7 Å². The van der Waals surface area contributed by atoms with Crippen molar-refractivity contribution in [3.05, 3.63) is 88.2 Å². The zero-order valence-corrected chi connectivity index (χ0v) is 20.9. The molecule has 182 valence electrons. The second-order valence-corrected chi connectivity index (χ2v) is 9.99. The highest BCUT2D eigenvalue weighted by molar-refractivity contribution is 7.91. The van der Waals surface area contributed by atoms with Crippen LogP contribution in [0.3, 0.4) is 0 Å². The van der Waals surface area contributed by atoms with Crippen LogP contribution in [0.4, 0.5) is 0 Å². The number of pyridine rings is 1. The monoisotopic (exact) mass is 493 g/mol. The van der Waals surface area contributed by atoms with Crippen molar-refractivity contribution >= 4 is 20.7 Å². The first-order valence-corrected chi connectivity index (χ1v) is 12.6. The summed E-state index contributed by atoms with van der Waals surface area (Å²) in [5.74, 6) is 1.34. The predicted octanol–water partition coefficient (Wildman–Crippen LogP) is 4.61. The number of aryl methyl sites for hydroxylation is 1. The van der Waals surface area contributed by atoms with E-state index >= 15 is 0 Å². The lowest BCUT2D eigenvalue weighted by molar-refractivity contribution is 0.340. The number of rotatable bonds is 8. The maximum atomic E-state index is 13.6. The molecule has 0 amide bonds. The highest BCUT2D eigenvalue weighted by Crippen LogP contribution is 2.32. The minimum atomic E-state index is -4.11. The van der Waals surface area contributed by atoms with Gasteiger partial charge in [-0.1, -0.05) is 29.8 Å². The molecule has 0 aliphatic heterocycles. The minimum Gasteiger partial charge on any atom is -0.494 e. The Hall–Kier alpha value is -3.78. The van der Waals surface area contributed by atoms with E-state index in [2.05, 4.69) is 0 Å². The smallest absolute Gasteiger partial charge is 0.211 e. The number of ether oxygens (including phenoxy) is 3. The summed E-state index contributed by atoms with van der Waals surface area (Å²) in [6, 6.07) is 17.2. The van der Waals surface area contributed by atoms with Crippen LogP contribution in [0, 0.1) is 6.92 Å². The summed E-state index contributed by atoms with van der Waals surface area (Å²) in [6.07, 6.45) is 1.40. The van der Waals surface area contributed by atoms with E-state index in [0.717, 1.165) is 11.1 Å². The first-order valence-electron chi connectivity index (χ1n) is 11.1. The van der Waals surface area contributed by atoms with Crippen LogP contribution in [0.2, 0.25) is 0 Å². The van der Waals surface area contributed by atoms with Gasteiger partial charge < -0.3 is 18.8 Å². The molecule has 0 N–H and O–H groups in total. The van der Waals surface area contributed by atoms with Gasteiger partial charge in [0.05, 0.1) is 36.6 Å². The Morgan fingerprint density at radius 1 is 0.886 bits per heavy atom. The average molecular weight is 494 g/mol. The average Bonchev–Trinajstić information content (AvgIpc) is 2.86. The molecule has 7 nitrogen and oxygen atoms in total. The number of nitrogens with zero attached hydrogens (tertiary/aromatic N) is 1. The van der Waals surface area contributed by atoms with Gasteiger partial charge in [-0.3, -0.25) is 4.79 Å². The summed E-state index contributed by atoms with van der Waals surface area (Å²) in [5.41, 5.74) is 2.01. The Morgan fingerprint density at radius 2 is 1.51 bits per heavy atom. The summed E-state index contributed by atoms with van der Waals surface area (Å²) in [4.78, 5) is 13.2. The van der Waals surface area contributed by atoms with E-state index in [4.69, 9.17) is 14.2 Å². The molecule has 0 saturated carbocycles. The molecule has 0 aliphatic carbocycles. The first-order chi connectivity index (χ1) is 16.8. The molecule has 35 heavy (non-hydrogen) atoms. The minimum absolute atomic E-state index is 0.0137. The molecule has 0 bridgehead atoms. The summed E-state index contributed by atoms with van der Waals surface area (Å²) in [6.45, 7) is 4.67. The van der Waals surface area contributed by atoms with Gasteiger partial charge in [0.2, 0.25) is 15.3 Å². The molecule has 1 aromatic heterocycles. The molecular formula is C27H27NO6S. The molecule has 1 heterocycles. The highest BCUT2D eigenvalue weighted by atomic mass is 32.2. The van der Waals surface area contributed by atoms with E-state index in [-0.39, 0.29) is 15.2 Å². The zero-order chi connectivity index (χ0) is 25.2. The molecule has 0 aliphatic rings. The van der Waals surface area contributed by atoms with E-state index in [1.54, 1.807) is 22.8 Å². The molecule has 4 rings (SSSR count). The second-order valence-electron chi connectivity index (χ2n) is 8.07. The molecule has 8 heteroatoms. The van der Waals surface area contributed by atoms with E-state index in [9.17, 15) is 13.2 Å². The fourth-order valence-corrected chi connectivity index (χ4v) is 5.28. The maximum absolute atomic E-state index is 13.6. The molecule has 4 aromatic rings. The standard InChI is InChI=1S/C27H27NO6S/c1-5-34-20-10-12-21(13-11-20)35(30,31)26-17-28(16-19-8-6-18(2)7-9-19)23-15-25(33-4)24(32-3)14-22(23)27(26)29/h6-15,17H,5,16H2,1-4H3. The lowest BCUT2D eigenvalue weighted by Crippen LogP contribution is -2.20. The van der Waals surface area contributed by atoms with E-state index < -0.39 is 15.3 Å². The Balaban J connectivity index is 1.95. The fraction of sp³-hybridized carbons (Fsp3) is 0.222. The van der Waals surface area contributed by atoms with Crippen molar-refractivity contribution < 1.29 is 22.6 Å². The van der Waals surface area contributed by atoms with Crippen LogP contribution in [0.15, 0.2) is 81.4 Å². The van der Waals surface area contributed by atoms with Crippen molar-refractivity contribution in [1.29, 1.82) is 0 Å². The van der Waals surface area contributed by atoms with Crippen molar-refractivity contribution in [3.63, 3.8) is 0 Å². The first kappa shape index (κ1) is 24.3. The van der Waals surface area contributed by atoms with Crippen LogP contribution in [-0.4, -0.2) is 33.8 Å². The Labute approximate surface area is 204 Å². The largest absolute Gasteiger partial charge is 0.494 e. The third-order valence-corrected chi connectivity index (χ3v) is 7.52. The quantitative estimate of drug-likeness (QED) is 0.357. The lowest BCUT2D eigenvalue weighted by atomic mass is 10.1. The third kappa shape index (κ3) is 4.74. The number of aromatic nitrogens is 1. The van der Waals surface area contributed by atoms with Gasteiger partial charge in [-0.25, -0.2) is 8.42 Å². The van der Waals surface area contributed by atoms with Gasteiger partial charge in [-0.15, -0.1) is 0 Å². The number of benzene rings is 3. The van der Waals surface area contributed by atoms with Crippen LogP contribution in [0.25, 0.3) is 10.9 Å². The van der Waals surface area contributed by atoms with Gasteiger partial charge in [0, 0.05) is 18.8 Å². The molecule has 0 radical (unpaired) electrons. The molecule has 0 unspecified atom stereocenters. The molecule has 0 spiro atoms. The van der Waals surface area contributed by atoms with Gasteiger partial charge in [0.15, 0.2) is 11.5 Å². The number of fused-ring (bicyclic) bond motifs is 1. The Morgan fingerprint density at radius 3 is 2.11 bits per heavy atom. The molecular weight excluding hydrogens is 466 g/mol. The predicted molar refractivity (Wildman–Crippen MR) is 135 cm³/mol. The molecule has 0 saturated heterocycles. The number of hydrogen-bond acceptors (Lipinski definition) is 6. The van der Waals surface area contributed by atoms with Crippen LogP contribution >= 0.6 is 0 Å². The van der Waals surface area contributed by atoms with Gasteiger partial charge in [0.25, 0.3) is 0 Å². The number of sulfone groups is 1. The summed E-state index contributed by atoms with van der Waals surface area (Å²) >= 11 is 0. The van der Waals surface area contributed by atoms with Crippen LogP contribution < -0.4 is 19.6 Å². The molecule has 0 atom stereocenters. The van der Waals surface area contributed by atoms with Crippen molar-refractivity contribution in [1.82, 2.24) is 4.57 Å². The van der Waals surface area contributed by atoms with E-state index in [1.165, 1.54) is 38.6 Å². The highest BCUT2D eigenvalue weighted by Gasteiger charge is 2.25. The van der Waals surface area contributed by atoms with Gasteiger partial charge >= 0.3 is 0 Å². The van der Waals surface area contributed by atoms with Crippen molar-refractivity contribution in [2.24, 2.45) is 0 Å². The van der Waals surface area contributed by atoms with Gasteiger partial charge in [0.1, 0.15) is 10.6 Å². The Bertz CT molecular complexity index is 1520. The van der Waals surface area contributed by atoms with Crippen LogP contribution in [0.5, 0.6) is 17.2 Å². The number of methoxy groups -OCH3 is 2. The van der Waals surface area contributed by atoms with Crippen molar-refractivity contribution in [3.8, 4) is 17.2 Å². The SMILES string of the molecule is CCOc1ccc(S(=O)(=O)c2cn(Cc3ccc(C)cc3)c3cc(OC)c(OC)cc3c2=O)cc1. The molecule has 0 fully saturated rings. The lowest BCUT2D eigenvalue weighted by Gasteiger charge is -2.17. The van der Waals surface area contributed by atoms with Gasteiger partial charge in [-0.2, -0.15) is 0 Å². The number of hydrogen-bond donors (Lipinski definition) is 0. The Kier molecular flexibility index (Phi) is 6.84.